The number of allylic oxidation sites excluding steroid dienone is 2. The summed E-state index contributed by atoms with van der Waals surface area (Å²) in [5.74, 6) is -0.402. The molecule has 0 N–H and O–H groups in total. The van der Waals surface area contributed by atoms with Crippen molar-refractivity contribution in [1.29, 1.82) is 5.26 Å². The van der Waals surface area contributed by atoms with E-state index in [4.69, 9.17) is 9.47 Å². The molecular weight excluding hydrogens is 456 g/mol. The molecule has 1 amide bonds. The number of likely N-dealkylation sites (tertiary alicyclic amines) is 1. The standard InChI is InChI=1S/C26H31F2N3O4/c1-26(2,3)35-25(33)31-8-6-16(7-9-31)21-12-17-10-19(23(32)20(14-29)15-30(4)5)11-18(17)13-22(21)34-24(27)28/h11-13,15-16,24H,6-10H2,1-5H3/b20-15+. The Labute approximate surface area is 204 Å². The maximum Gasteiger partial charge on any atom is 0.410 e. The zero-order valence-corrected chi connectivity index (χ0v) is 20.7. The van der Waals surface area contributed by atoms with E-state index in [0.717, 1.165) is 5.56 Å². The number of piperidine rings is 1. The molecule has 2 aliphatic rings. The van der Waals surface area contributed by atoms with Gasteiger partial charge in [-0.1, -0.05) is 6.07 Å². The number of halogens is 2. The number of hydrogen-bond acceptors (Lipinski definition) is 6. The summed E-state index contributed by atoms with van der Waals surface area (Å²) in [6, 6.07) is 5.29. The first-order valence-corrected chi connectivity index (χ1v) is 11.5. The van der Waals surface area contributed by atoms with Crippen molar-refractivity contribution in [3.63, 3.8) is 0 Å². The van der Waals surface area contributed by atoms with Crippen molar-refractivity contribution in [2.75, 3.05) is 27.2 Å². The fourth-order valence-corrected chi connectivity index (χ4v) is 4.32. The minimum Gasteiger partial charge on any atom is -0.444 e. The molecule has 1 heterocycles. The highest BCUT2D eigenvalue weighted by atomic mass is 19.3. The van der Waals surface area contributed by atoms with Crippen molar-refractivity contribution < 1.29 is 27.8 Å². The van der Waals surface area contributed by atoms with Gasteiger partial charge < -0.3 is 19.3 Å². The molecule has 0 aromatic heterocycles. The van der Waals surface area contributed by atoms with E-state index >= 15 is 0 Å². The van der Waals surface area contributed by atoms with Gasteiger partial charge in [-0.05, 0) is 68.4 Å². The Morgan fingerprint density at radius 2 is 1.89 bits per heavy atom. The number of ketones is 1. The minimum absolute atomic E-state index is 0.00727. The molecule has 1 aromatic carbocycles. The van der Waals surface area contributed by atoms with Crippen LogP contribution in [0.5, 0.6) is 5.75 Å². The number of benzene rings is 1. The molecule has 1 fully saturated rings. The molecule has 0 saturated carbocycles. The van der Waals surface area contributed by atoms with Gasteiger partial charge in [0, 0.05) is 45.4 Å². The summed E-state index contributed by atoms with van der Waals surface area (Å²) in [7, 11) is 3.44. The minimum atomic E-state index is -2.99. The smallest absolute Gasteiger partial charge is 0.410 e. The lowest BCUT2D eigenvalue weighted by atomic mass is 9.87. The number of carbonyl (C=O) groups excluding carboxylic acids is 2. The van der Waals surface area contributed by atoms with E-state index in [1.807, 2.05) is 12.1 Å². The number of amides is 1. The number of Topliss-reactive ketones (excluding diaryl/α,β-unsaturated/α-hetero) is 1. The van der Waals surface area contributed by atoms with Crippen molar-refractivity contribution in [3.05, 3.63) is 46.2 Å². The van der Waals surface area contributed by atoms with Crippen molar-refractivity contribution in [1.82, 2.24) is 9.80 Å². The Kier molecular flexibility index (Phi) is 7.83. The maximum absolute atomic E-state index is 13.2. The van der Waals surface area contributed by atoms with Gasteiger partial charge in [-0.2, -0.15) is 14.0 Å². The topological polar surface area (TPSA) is 82.9 Å². The summed E-state index contributed by atoms with van der Waals surface area (Å²) in [6.45, 7) is 3.30. The second-order valence-electron chi connectivity index (χ2n) is 10.0. The molecule has 1 aromatic rings. The molecule has 7 nitrogen and oxygen atoms in total. The third-order valence-corrected chi connectivity index (χ3v) is 5.83. The number of rotatable bonds is 6. The van der Waals surface area contributed by atoms with Crippen LogP contribution < -0.4 is 4.74 Å². The Morgan fingerprint density at radius 1 is 1.23 bits per heavy atom. The lowest BCUT2D eigenvalue weighted by molar-refractivity contribution is -0.112. The molecule has 0 bridgehead atoms. The second kappa shape index (κ2) is 10.5. The molecular formula is C26H31F2N3O4. The van der Waals surface area contributed by atoms with E-state index in [9.17, 15) is 23.6 Å². The van der Waals surface area contributed by atoms with E-state index in [1.165, 1.54) is 6.20 Å². The van der Waals surface area contributed by atoms with Crippen LogP contribution >= 0.6 is 0 Å². The normalized spacial score (nSPS) is 16.5. The van der Waals surface area contributed by atoms with Crippen LogP contribution in [-0.2, 0) is 16.0 Å². The number of carbonyl (C=O) groups is 2. The third-order valence-electron chi connectivity index (χ3n) is 5.83. The fraction of sp³-hybridized carbons (Fsp3) is 0.500. The first-order chi connectivity index (χ1) is 16.4. The molecule has 0 spiro atoms. The van der Waals surface area contributed by atoms with Gasteiger partial charge in [0.1, 0.15) is 23.0 Å². The van der Waals surface area contributed by atoms with Crippen LogP contribution in [0.3, 0.4) is 0 Å². The first kappa shape index (κ1) is 26.2. The quantitative estimate of drug-likeness (QED) is 0.420. The lowest BCUT2D eigenvalue weighted by Gasteiger charge is -2.34. The summed E-state index contributed by atoms with van der Waals surface area (Å²) in [6.07, 6.45) is 4.15. The van der Waals surface area contributed by atoms with Crippen LogP contribution in [0.1, 0.15) is 56.2 Å². The first-order valence-electron chi connectivity index (χ1n) is 11.5. The molecule has 35 heavy (non-hydrogen) atoms. The van der Waals surface area contributed by atoms with Gasteiger partial charge in [0.2, 0.25) is 5.78 Å². The fourth-order valence-electron chi connectivity index (χ4n) is 4.32. The molecule has 9 heteroatoms. The Morgan fingerprint density at radius 3 is 2.43 bits per heavy atom. The van der Waals surface area contributed by atoms with Crippen LogP contribution in [0.2, 0.25) is 0 Å². The summed E-state index contributed by atoms with van der Waals surface area (Å²) >= 11 is 0. The zero-order chi connectivity index (χ0) is 25.9. The monoisotopic (exact) mass is 487 g/mol. The Bertz CT molecular complexity index is 1090. The maximum atomic E-state index is 13.2. The second-order valence-corrected chi connectivity index (χ2v) is 10.0. The van der Waals surface area contributed by atoms with Crippen molar-refractivity contribution in [3.8, 4) is 11.8 Å². The number of hydrogen-bond donors (Lipinski definition) is 0. The molecule has 0 unspecified atom stereocenters. The Hall–Kier alpha value is -3.41. The number of nitriles is 1. The van der Waals surface area contributed by atoms with Crippen molar-refractivity contribution in [2.45, 2.75) is 58.2 Å². The van der Waals surface area contributed by atoms with Crippen LogP contribution in [0.25, 0.3) is 6.08 Å². The van der Waals surface area contributed by atoms with Gasteiger partial charge in [0.05, 0.1) is 0 Å². The average molecular weight is 488 g/mol. The number of nitrogens with zero attached hydrogens (tertiary/aromatic N) is 3. The molecule has 1 aliphatic heterocycles. The predicted octanol–water partition coefficient (Wildman–Crippen LogP) is 4.88. The van der Waals surface area contributed by atoms with Crippen LogP contribution in [0.15, 0.2) is 29.5 Å². The van der Waals surface area contributed by atoms with Gasteiger partial charge in [0.25, 0.3) is 0 Å². The van der Waals surface area contributed by atoms with Crippen LogP contribution in [-0.4, -0.2) is 61.1 Å². The Balaban J connectivity index is 1.81. The predicted molar refractivity (Wildman–Crippen MR) is 127 cm³/mol. The van der Waals surface area contributed by atoms with E-state index in [1.54, 1.807) is 56.8 Å². The number of ether oxygens (including phenoxy) is 2. The van der Waals surface area contributed by atoms with Gasteiger partial charge in [-0.15, -0.1) is 0 Å². The summed E-state index contributed by atoms with van der Waals surface area (Å²) in [5.41, 5.74) is 1.92. The zero-order valence-electron chi connectivity index (χ0n) is 20.7. The van der Waals surface area contributed by atoms with Gasteiger partial charge in [-0.3, -0.25) is 4.79 Å². The highest BCUT2D eigenvalue weighted by molar-refractivity contribution is 6.14. The van der Waals surface area contributed by atoms with Crippen LogP contribution in [0.4, 0.5) is 13.6 Å². The van der Waals surface area contributed by atoms with Crippen molar-refractivity contribution >= 4 is 18.0 Å². The van der Waals surface area contributed by atoms with Crippen molar-refractivity contribution in [2.24, 2.45) is 0 Å². The van der Waals surface area contributed by atoms with Gasteiger partial charge in [0.15, 0.2) is 0 Å². The number of alkyl halides is 2. The molecule has 0 radical (unpaired) electrons. The largest absolute Gasteiger partial charge is 0.444 e. The van der Waals surface area contributed by atoms with E-state index in [-0.39, 0.29) is 29.1 Å². The van der Waals surface area contributed by atoms with E-state index in [0.29, 0.717) is 49.1 Å². The summed E-state index contributed by atoms with van der Waals surface area (Å²) in [5, 5.41) is 9.37. The highest BCUT2D eigenvalue weighted by Crippen LogP contribution is 2.40. The van der Waals surface area contributed by atoms with Crippen LogP contribution in [0, 0.1) is 11.3 Å². The molecule has 188 valence electrons. The molecule has 1 aliphatic carbocycles. The lowest BCUT2D eigenvalue weighted by Crippen LogP contribution is -2.41. The molecule has 3 rings (SSSR count). The van der Waals surface area contributed by atoms with Gasteiger partial charge in [-0.25, -0.2) is 4.79 Å². The SMILES string of the molecule is CN(C)/C=C(\C#N)C(=O)C1=Cc2cc(OC(F)F)c(C3CCN(C(=O)OC(C)(C)C)CC3)cc2C1. The van der Waals surface area contributed by atoms with E-state index in [2.05, 4.69) is 0 Å². The molecule has 0 atom stereocenters. The third kappa shape index (κ3) is 6.59. The van der Waals surface area contributed by atoms with E-state index < -0.39 is 12.2 Å². The average Bonchev–Trinajstić information content (AvgIpc) is 3.18. The summed E-state index contributed by atoms with van der Waals surface area (Å²) < 4.78 is 36.7. The molecule has 1 saturated heterocycles. The highest BCUT2D eigenvalue weighted by Gasteiger charge is 2.31. The summed E-state index contributed by atoms with van der Waals surface area (Å²) in [4.78, 5) is 28.5. The van der Waals surface area contributed by atoms with Gasteiger partial charge >= 0.3 is 12.7 Å². The number of fused-ring (bicyclic) bond motifs is 1.